The zero-order chi connectivity index (χ0) is 17.7. The molecule has 1 unspecified atom stereocenters. The van der Waals surface area contributed by atoms with Crippen molar-refractivity contribution in [1.82, 2.24) is 0 Å². The molecule has 0 aromatic heterocycles. The largest absolute Gasteiger partial charge is 0.368 e. The second-order valence-electron chi connectivity index (χ2n) is 7.05. The molecule has 0 amide bonds. The minimum Gasteiger partial charge on any atom is -0.368 e. The van der Waals surface area contributed by atoms with Crippen molar-refractivity contribution in [3.8, 4) is 0 Å². The van der Waals surface area contributed by atoms with Gasteiger partial charge in [-0.1, -0.05) is 90.2 Å². The van der Waals surface area contributed by atoms with Gasteiger partial charge in [-0.2, -0.15) is 0 Å². The Labute approximate surface area is 152 Å². The van der Waals surface area contributed by atoms with Crippen LogP contribution in [0.3, 0.4) is 0 Å². The molecule has 0 radical (unpaired) electrons. The van der Waals surface area contributed by atoms with E-state index in [2.05, 4.69) is 26.0 Å². The number of unbranched alkanes of at least 4 members (excludes halogenated alkanes) is 12. The Morgan fingerprint density at radius 1 is 0.667 bits per heavy atom. The van der Waals surface area contributed by atoms with Gasteiger partial charge in [-0.15, -0.1) is 0 Å². The van der Waals surface area contributed by atoms with E-state index >= 15 is 0 Å². The predicted octanol–water partition coefficient (Wildman–Crippen LogP) is 7.16. The molecule has 0 bridgehead atoms. The first-order chi connectivity index (χ1) is 11.8. The van der Waals surface area contributed by atoms with Gasteiger partial charge >= 0.3 is 0 Å². The third-order valence-corrected chi connectivity index (χ3v) is 4.50. The molecule has 0 spiro atoms. The smallest absolute Gasteiger partial charge is 0.154 e. The molecule has 0 aliphatic rings. The van der Waals surface area contributed by atoms with Crippen molar-refractivity contribution in [3.63, 3.8) is 0 Å². The maximum atomic E-state index is 9.45. The molecule has 0 aliphatic heterocycles. The van der Waals surface area contributed by atoms with E-state index in [1.54, 1.807) is 0 Å². The highest BCUT2D eigenvalue weighted by Gasteiger charge is 2.00. The predicted molar refractivity (Wildman–Crippen MR) is 106 cm³/mol. The van der Waals surface area contributed by atoms with Crippen LogP contribution in [0.5, 0.6) is 0 Å². The van der Waals surface area contributed by atoms with Crippen LogP contribution in [0.4, 0.5) is 0 Å². The summed E-state index contributed by atoms with van der Waals surface area (Å²) in [6.07, 6.45) is 24.5. The Morgan fingerprint density at radius 3 is 1.71 bits per heavy atom. The summed E-state index contributed by atoms with van der Waals surface area (Å²) in [6.45, 7) is 5.05. The van der Waals surface area contributed by atoms with Crippen molar-refractivity contribution >= 4 is 0 Å². The van der Waals surface area contributed by atoms with Gasteiger partial charge in [0.1, 0.15) is 0 Å². The number of aliphatic hydroxyl groups is 1. The van der Waals surface area contributed by atoms with Crippen LogP contribution in [0.15, 0.2) is 12.2 Å². The maximum Gasteiger partial charge on any atom is 0.154 e. The fourth-order valence-corrected chi connectivity index (χ4v) is 2.90. The van der Waals surface area contributed by atoms with Crippen LogP contribution >= 0.6 is 0 Å². The molecule has 2 heteroatoms. The molecule has 0 aromatic rings. The summed E-state index contributed by atoms with van der Waals surface area (Å²) < 4.78 is 5.35. The van der Waals surface area contributed by atoms with Crippen LogP contribution in [0.2, 0.25) is 0 Å². The first-order valence-corrected chi connectivity index (χ1v) is 10.8. The summed E-state index contributed by atoms with van der Waals surface area (Å²) >= 11 is 0. The Morgan fingerprint density at radius 2 is 1.17 bits per heavy atom. The average Bonchev–Trinajstić information content (AvgIpc) is 2.58. The molecular formula is C22H44O2. The quantitative estimate of drug-likeness (QED) is 0.153. The molecule has 1 atom stereocenters. The van der Waals surface area contributed by atoms with Gasteiger partial charge in [0, 0.05) is 6.61 Å². The average molecular weight is 341 g/mol. The zero-order valence-corrected chi connectivity index (χ0v) is 16.6. The second kappa shape index (κ2) is 20.7. The van der Waals surface area contributed by atoms with E-state index in [4.69, 9.17) is 4.74 Å². The highest BCUT2D eigenvalue weighted by Crippen LogP contribution is 2.10. The summed E-state index contributed by atoms with van der Waals surface area (Å²) in [5, 5.41) is 9.45. The Kier molecular flexibility index (Phi) is 20.4. The number of allylic oxidation sites excluding steroid dienone is 2. The van der Waals surface area contributed by atoms with Crippen molar-refractivity contribution in [2.45, 2.75) is 123 Å². The van der Waals surface area contributed by atoms with Gasteiger partial charge in [-0.25, -0.2) is 0 Å². The molecule has 0 aromatic carbocycles. The van der Waals surface area contributed by atoms with Crippen molar-refractivity contribution in [3.05, 3.63) is 12.2 Å². The topological polar surface area (TPSA) is 29.5 Å². The maximum absolute atomic E-state index is 9.45. The molecule has 1 N–H and O–H groups in total. The molecular weight excluding hydrogens is 296 g/mol. The van der Waals surface area contributed by atoms with Crippen LogP contribution in [-0.2, 0) is 4.74 Å². The molecule has 2 nitrogen and oxygen atoms in total. The standard InChI is InChI=1S/C22H44O2/c1-3-5-6-7-8-9-10-11-12-13-14-15-16-17-18-19-21-24-22(23)20-4-2/h11-12,22-23H,3-10,13-21H2,1-2H3/b12-11-. The molecule has 0 aliphatic carbocycles. The molecule has 0 saturated carbocycles. The van der Waals surface area contributed by atoms with Crippen LogP contribution in [0, 0.1) is 0 Å². The number of hydrogen-bond acceptors (Lipinski definition) is 2. The number of ether oxygens (including phenoxy) is 1. The summed E-state index contributed by atoms with van der Waals surface area (Å²) in [6, 6.07) is 0. The Balaban J connectivity index is 3.10. The second-order valence-corrected chi connectivity index (χ2v) is 7.05. The highest BCUT2D eigenvalue weighted by atomic mass is 16.6. The number of aliphatic hydroxyl groups excluding tert-OH is 1. The van der Waals surface area contributed by atoms with E-state index in [9.17, 15) is 5.11 Å². The lowest BCUT2D eigenvalue weighted by molar-refractivity contribution is -0.104. The van der Waals surface area contributed by atoms with Crippen molar-refractivity contribution in [1.29, 1.82) is 0 Å². The summed E-state index contributed by atoms with van der Waals surface area (Å²) in [4.78, 5) is 0. The first kappa shape index (κ1) is 23.7. The number of rotatable bonds is 19. The minimum atomic E-state index is -0.543. The molecule has 0 heterocycles. The van der Waals surface area contributed by atoms with Crippen LogP contribution in [0.1, 0.15) is 117 Å². The van der Waals surface area contributed by atoms with Crippen molar-refractivity contribution in [2.75, 3.05) is 6.61 Å². The van der Waals surface area contributed by atoms with Crippen LogP contribution < -0.4 is 0 Å². The van der Waals surface area contributed by atoms with Crippen molar-refractivity contribution < 1.29 is 9.84 Å². The van der Waals surface area contributed by atoms with Crippen LogP contribution in [0.25, 0.3) is 0 Å². The summed E-state index contributed by atoms with van der Waals surface area (Å²) in [7, 11) is 0. The fraction of sp³-hybridized carbons (Fsp3) is 0.909. The molecule has 0 rings (SSSR count). The highest BCUT2D eigenvalue weighted by molar-refractivity contribution is 4.81. The summed E-state index contributed by atoms with van der Waals surface area (Å²) in [5.74, 6) is 0. The first-order valence-electron chi connectivity index (χ1n) is 10.8. The van der Waals surface area contributed by atoms with Gasteiger partial charge in [0.15, 0.2) is 6.29 Å². The Hall–Kier alpha value is -0.340. The van der Waals surface area contributed by atoms with E-state index < -0.39 is 6.29 Å². The van der Waals surface area contributed by atoms with Gasteiger partial charge in [-0.3, -0.25) is 0 Å². The lowest BCUT2D eigenvalue weighted by atomic mass is 10.1. The lowest BCUT2D eigenvalue weighted by Crippen LogP contribution is -2.12. The van der Waals surface area contributed by atoms with Gasteiger partial charge in [0.25, 0.3) is 0 Å². The monoisotopic (exact) mass is 340 g/mol. The Bertz CT molecular complexity index is 250. The van der Waals surface area contributed by atoms with Crippen molar-refractivity contribution in [2.24, 2.45) is 0 Å². The van der Waals surface area contributed by atoms with Crippen LogP contribution in [-0.4, -0.2) is 18.0 Å². The van der Waals surface area contributed by atoms with E-state index in [0.29, 0.717) is 6.61 Å². The summed E-state index contributed by atoms with van der Waals surface area (Å²) in [5.41, 5.74) is 0. The van der Waals surface area contributed by atoms with E-state index in [1.165, 1.54) is 83.5 Å². The van der Waals surface area contributed by atoms with Gasteiger partial charge in [-0.05, 0) is 38.5 Å². The van der Waals surface area contributed by atoms with E-state index in [0.717, 1.165) is 19.3 Å². The third-order valence-electron chi connectivity index (χ3n) is 4.50. The molecule has 0 saturated heterocycles. The van der Waals surface area contributed by atoms with E-state index in [1.807, 2.05) is 0 Å². The third kappa shape index (κ3) is 19.7. The lowest BCUT2D eigenvalue weighted by Gasteiger charge is -2.10. The molecule has 0 fully saturated rings. The van der Waals surface area contributed by atoms with Gasteiger partial charge in [0.05, 0.1) is 0 Å². The zero-order valence-electron chi connectivity index (χ0n) is 16.6. The van der Waals surface area contributed by atoms with E-state index in [-0.39, 0.29) is 0 Å². The van der Waals surface area contributed by atoms with Gasteiger partial charge in [0.2, 0.25) is 0 Å². The minimum absolute atomic E-state index is 0.543. The molecule has 24 heavy (non-hydrogen) atoms. The molecule has 144 valence electrons. The fourth-order valence-electron chi connectivity index (χ4n) is 2.90. The van der Waals surface area contributed by atoms with Gasteiger partial charge < -0.3 is 9.84 Å². The SMILES string of the molecule is CCCCCCCC/C=C\CCCCCCCCOC(O)CCC. The number of hydrogen-bond donors (Lipinski definition) is 1. The normalized spacial score (nSPS) is 13.0.